The highest BCUT2D eigenvalue weighted by atomic mass is 16.6. The molecule has 0 spiro atoms. The fourth-order valence-electron chi connectivity index (χ4n) is 2.02. The Morgan fingerprint density at radius 3 is 3.00 bits per heavy atom. The SMILES string of the molecule is Cn1ncc([N+](=O)[O-])c1/C=C1/CCC[NH+]1C. The minimum absolute atomic E-state index is 0.0784. The fourth-order valence-corrected chi connectivity index (χ4v) is 2.02. The van der Waals surface area contributed by atoms with Crippen LogP contribution in [0.5, 0.6) is 0 Å². The first-order valence-corrected chi connectivity index (χ1v) is 5.29. The Morgan fingerprint density at radius 1 is 1.69 bits per heavy atom. The molecule has 0 bridgehead atoms. The summed E-state index contributed by atoms with van der Waals surface area (Å²) in [5, 5.41) is 14.7. The molecule has 0 aliphatic carbocycles. The lowest BCUT2D eigenvalue weighted by atomic mass is 10.2. The largest absolute Gasteiger partial charge is 0.314 e. The zero-order chi connectivity index (χ0) is 11.7. The normalized spacial score (nSPS) is 22.9. The number of nitro groups is 1. The number of hydrogen-bond donors (Lipinski definition) is 1. The van der Waals surface area contributed by atoms with Crippen molar-refractivity contribution in [3.63, 3.8) is 0 Å². The number of nitrogens with zero attached hydrogens (tertiary/aromatic N) is 3. The molecule has 1 N–H and O–H groups in total. The highest BCUT2D eigenvalue weighted by Gasteiger charge is 2.23. The summed E-state index contributed by atoms with van der Waals surface area (Å²) in [5.74, 6) is 0. The summed E-state index contributed by atoms with van der Waals surface area (Å²) in [4.78, 5) is 11.8. The van der Waals surface area contributed by atoms with E-state index in [0.717, 1.165) is 19.4 Å². The van der Waals surface area contributed by atoms with Crippen molar-refractivity contribution in [2.45, 2.75) is 12.8 Å². The number of likely N-dealkylation sites (tertiary alicyclic amines) is 1. The Balaban J connectivity index is 2.40. The van der Waals surface area contributed by atoms with E-state index in [4.69, 9.17) is 0 Å². The summed E-state index contributed by atoms with van der Waals surface area (Å²) in [6.07, 6.45) is 5.35. The van der Waals surface area contributed by atoms with E-state index in [2.05, 4.69) is 12.1 Å². The van der Waals surface area contributed by atoms with Crippen LogP contribution in [-0.4, -0.2) is 28.3 Å². The van der Waals surface area contributed by atoms with Gasteiger partial charge >= 0.3 is 5.69 Å². The van der Waals surface area contributed by atoms with Gasteiger partial charge in [-0.3, -0.25) is 14.8 Å². The van der Waals surface area contributed by atoms with Crippen LogP contribution in [0, 0.1) is 10.1 Å². The third-order valence-electron chi connectivity index (χ3n) is 3.02. The third kappa shape index (κ3) is 1.83. The first-order chi connectivity index (χ1) is 7.59. The summed E-state index contributed by atoms with van der Waals surface area (Å²) < 4.78 is 1.55. The molecule has 1 aliphatic rings. The first kappa shape index (κ1) is 10.8. The van der Waals surface area contributed by atoms with Crippen molar-refractivity contribution >= 4 is 11.8 Å². The molecule has 1 aromatic rings. The highest BCUT2D eigenvalue weighted by Crippen LogP contribution is 2.20. The zero-order valence-electron chi connectivity index (χ0n) is 9.43. The first-order valence-electron chi connectivity index (χ1n) is 5.29. The summed E-state index contributed by atoms with van der Waals surface area (Å²) >= 11 is 0. The number of allylic oxidation sites excluding steroid dienone is 1. The van der Waals surface area contributed by atoms with Crippen LogP contribution < -0.4 is 4.90 Å². The van der Waals surface area contributed by atoms with Gasteiger partial charge in [0.1, 0.15) is 17.6 Å². The van der Waals surface area contributed by atoms with E-state index in [1.165, 1.54) is 16.8 Å². The van der Waals surface area contributed by atoms with Crippen LogP contribution in [0.2, 0.25) is 0 Å². The van der Waals surface area contributed by atoms with Crippen LogP contribution >= 0.6 is 0 Å². The van der Waals surface area contributed by atoms with Crippen molar-refractivity contribution in [2.75, 3.05) is 13.6 Å². The molecule has 1 unspecified atom stereocenters. The molecule has 1 saturated heterocycles. The summed E-state index contributed by atoms with van der Waals surface area (Å²) in [7, 11) is 3.81. The number of nitrogens with one attached hydrogen (secondary N) is 1. The molecule has 16 heavy (non-hydrogen) atoms. The Labute approximate surface area is 93.3 Å². The maximum Gasteiger partial charge on any atom is 0.314 e. The average Bonchev–Trinajstić information content (AvgIpc) is 2.76. The van der Waals surface area contributed by atoms with Crippen molar-refractivity contribution in [2.24, 2.45) is 7.05 Å². The van der Waals surface area contributed by atoms with Crippen LogP contribution in [-0.2, 0) is 7.05 Å². The summed E-state index contributed by atoms with van der Waals surface area (Å²) in [5.41, 5.74) is 1.88. The van der Waals surface area contributed by atoms with Crippen molar-refractivity contribution in [3.8, 4) is 0 Å². The zero-order valence-corrected chi connectivity index (χ0v) is 9.43. The van der Waals surface area contributed by atoms with E-state index in [9.17, 15) is 10.1 Å². The molecule has 0 amide bonds. The van der Waals surface area contributed by atoms with Crippen LogP contribution in [0.4, 0.5) is 5.69 Å². The number of aryl methyl sites for hydroxylation is 1. The van der Waals surface area contributed by atoms with Gasteiger partial charge in [0.05, 0.1) is 18.5 Å². The van der Waals surface area contributed by atoms with Gasteiger partial charge in [0.2, 0.25) is 0 Å². The lowest BCUT2D eigenvalue weighted by molar-refractivity contribution is -0.827. The Kier molecular flexibility index (Phi) is 2.74. The molecule has 1 atom stereocenters. The lowest BCUT2D eigenvalue weighted by Crippen LogP contribution is -3.04. The van der Waals surface area contributed by atoms with Gasteiger partial charge in [-0.15, -0.1) is 0 Å². The molecule has 1 aromatic heterocycles. The van der Waals surface area contributed by atoms with E-state index in [-0.39, 0.29) is 10.6 Å². The van der Waals surface area contributed by atoms with Crippen LogP contribution in [0.25, 0.3) is 6.08 Å². The van der Waals surface area contributed by atoms with Gasteiger partial charge < -0.3 is 4.90 Å². The maximum absolute atomic E-state index is 10.8. The number of aromatic nitrogens is 2. The Hall–Kier alpha value is -1.69. The molecule has 86 valence electrons. The second-order valence-corrected chi connectivity index (χ2v) is 4.10. The predicted octanol–water partition coefficient (Wildman–Crippen LogP) is -0.0223. The molecule has 6 heteroatoms. The minimum atomic E-state index is -0.385. The molecule has 6 nitrogen and oxygen atoms in total. The fraction of sp³-hybridized carbons (Fsp3) is 0.500. The highest BCUT2D eigenvalue weighted by molar-refractivity contribution is 5.57. The summed E-state index contributed by atoms with van der Waals surface area (Å²) in [6, 6.07) is 0. The van der Waals surface area contributed by atoms with E-state index < -0.39 is 0 Å². The second-order valence-electron chi connectivity index (χ2n) is 4.10. The molecule has 1 fully saturated rings. The third-order valence-corrected chi connectivity index (χ3v) is 3.02. The van der Waals surface area contributed by atoms with Gasteiger partial charge in [-0.2, -0.15) is 5.10 Å². The van der Waals surface area contributed by atoms with Crippen LogP contribution in [0.1, 0.15) is 18.5 Å². The van der Waals surface area contributed by atoms with Gasteiger partial charge in [0.15, 0.2) is 0 Å². The van der Waals surface area contributed by atoms with Crippen molar-refractivity contribution in [1.82, 2.24) is 9.78 Å². The standard InChI is InChI=1S/C10H14N4O2/c1-12-5-3-4-8(12)6-9-10(14(15)16)7-11-13(9)2/h6-7H,3-5H2,1-2H3/p+1/b8-6-. The molecule has 0 saturated carbocycles. The predicted molar refractivity (Wildman–Crippen MR) is 58.8 cm³/mol. The van der Waals surface area contributed by atoms with Crippen molar-refractivity contribution in [1.29, 1.82) is 0 Å². The van der Waals surface area contributed by atoms with Gasteiger partial charge in [0, 0.05) is 26.0 Å². The van der Waals surface area contributed by atoms with E-state index in [1.807, 2.05) is 6.08 Å². The van der Waals surface area contributed by atoms with Gasteiger partial charge in [-0.25, -0.2) is 0 Å². The molecule has 2 rings (SSSR count). The van der Waals surface area contributed by atoms with Gasteiger partial charge in [-0.05, 0) is 0 Å². The molecule has 0 aromatic carbocycles. The van der Waals surface area contributed by atoms with Gasteiger partial charge in [0.25, 0.3) is 0 Å². The smallest absolute Gasteiger partial charge is 0.308 e. The van der Waals surface area contributed by atoms with E-state index in [1.54, 1.807) is 11.7 Å². The quantitative estimate of drug-likeness (QED) is 0.566. The average molecular weight is 223 g/mol. The van der Waals surface area contributed by atoms with E-state index >= 15 is 0 Å². The molecular formula is C10H15N4O2+. The Bertz CT molecular complexity index is 450. The second kappa shape index (κ2) is 4.05. The van der Waals surface area contributed by atoms with Crippen LogP contribution in [0.15, 0.2) is 11.9 Å². The molecule has 1 aliphatic heterocycles. The Morgan fingerprint density at radius 2 is 2.44 bits per heavy atom. The summed E-state index contributed by atoms with van der Waals surface area (Å²) in [6.45, 7) is 1.09. The van der Waals surface area contributed by atoms with Gasteiger partial charge in [-0.1, -0.05) is 0 Å². The number of hydrogen-bond acceptors (Lipinski definition) is 3. The number of rotatable bonds is 2. The molecule has 2 heterocycles. The molecule has 0 radical (unpaired) electrons. The topological polar surface area (TPSA) is 65.4 Å². The van der Waals surface area contributed by atoms with Crippen LogP contribution in [0.3, 0.4) is 0 Å². The monoisotopic (exact) mass is 223 g/mol. The maximum atomic E-state index is 10.8. The molecular weight excluding hydrogens is 208 g/mol. The van der Waals surface area contributed by atoms with Crippen molar-refractivity contribution in [3.05, 3.63) is 27.7 Å². The van der Waals surface area contributed by atoms with E-state index in [0.29, 0.717) is 5.69 Å². The van der Waals surface area contributed by atoms with Crippen molar-refractivity contribution < 1.29 is 9.82 Å². The minimum Gasteiger partial charge on any atom is -0.308 e. The number of quaternary nitrogens is 1. The lowest BCUT2D eigenvalue weighted by Gasteiger charge is -2.05.